The van der Waals surface area contributed by atoms with Crippen LogP contribution in [0.4, 0.5) is 5.69 Å². The molecule has 3 atom stereocenters. The molecule has 2 aliphatic rings. The fourth-order valence-electron chi connectivity index (χ4n) is 3.74. The number of rotatable bonds is 2. The van der Waals surface area contributed by atoms with Crippen LogP contribution >= 0.6 is 35.0 Å². The molecule has 4 rings (SSSR count). The molecule has 0 fully saturated rings. The second-order valence-electron chi connectivity index (χ2n) is 6.07. The highest BCUT2D eigenvalue weighted by Gasteiger charge is 2.38. The minimum Gasteiger partial charge on any atom is -0.376 e. The van der Waals surface area contributed by atoms with Crippen molar-refractivity contribution in [2.45, 2.75) is 23.3 Å². The Morgan fingerprint density at radius 2 is 1.87 bits per heavy atom. The number of nitrogens with one attached hydrogen (secondary N) is 1. The van der Waals surface area contributed by atoms with Gasteiger partial charge in [-0.1, -0.05) is 53.6 Å². The standard InChI is InChI=1S/C19H17Cl2NS/c1-23-12-7-5-11(6-8-12)18-14-4-2-3-13(14)15-9-10-16(20)17(21)19(15)22-18/h2-3,5-10,13-14,18,22H,4H2,1H3/t13-,14+,18+/m1/s1. The van der Waals surface area contributed by atoms with Crippen molar-refractivity contribution in [3.63, 3.8) is 0 Å². The number of anilines is 1. The average molecular weight is 362 g/mol. The van der Waals surface area contributed by atoms with Crippen LogP contribution < -0.4 is 5.32 Å². The summed E-state index contributed by atoms with van der Waals surface area (Å²) in [6, 6.07) is 13.1. The van der Waals surface area contributed by atoms with Crippen molar-refractivity contribution in [1.29, 1.82) is 0 Å². The van der Waals surface area contributed by atoms with Crippen LogP contribution in [0.5, 0.6) is 0 Å². The van der Waals surface area contributed by atoms with Gasteiger partial charge >= 0.3 is 0 Å². The maximum absolute atomic E-state index is 6.48. The largest absolute Gasteiger partial charge is 0.376 e. The van der Waals surface area contributed by atoms with Crippen molar-refractivity contribution in [2.75, 3.05) is 11.6 Å². The summed E-state index contributed by atoms with van der Waals surface area (Å²) in [7, 11) is 0. The van der Waals surface area contributed by atoms with Gasteiger partial charge in [0, 0.05) is 10.8 Å². The first-order valence-electron chi connectivity index (χ1n) is 7.74. The summed E-state index contributed by atoms with van der Waals surface area (Å²) in [5, 5.41) is 4.91. The molecule has 0 spiro atoms. The maximum Gasteiger partial charge on any atom is 0.0826 e. The molecule has 0 amide bonds. The predicted octanol–water partition coefficient (Wildman–Crippen LogP) is 6.54. The molecule has 0 aromatic heterocycles. The van der Waals surface area contributed by atoms with Gasteiger partial charge in [0.05, 0.1) is 21.8 Å². The van der Waals surface area contributed by atoms with Crippen LogP contribution in [0.25, 0.3) is 0 Å². The fraction of sp³-hybridized carbons (Fsp3) is 0.263. The molecule has 0 saturated heterocycles. The SMILES string of the molecule is CSc1ccc([C@@H]2Nc3c(ccc(Cl)c3Cl)[C@@H]3C=CC[C@@H]32)cc1. The number of thioether (sulfide) groups is 1. The smallest absolute Gasteiger partial charge is 0.0826 e. The summed E-state index contributed by atoms with van der Waals surface area (Å²) in [5.41, 5.74) is 3.56. The summed E-state index contributed by atoms with van der Waals surface area (Å²) in [6.45, 7) is 0. The van der Waals surface area contributed by atoms with Crippen LogP contribution in [-0.2, 0) is 0 Å². The first-order chi connectivity index (χ1) is 11.2. The Morgan fingerprint density at radius 1 is 1.09 bits per heavy atom. The van der Waals surface area contributed by atoms with Crippen LogP contribution in [0.2, 0.25) is 10.0 Å². The third-order valence-electron chi connectivity index (χ3n) is 4.90. The van der Waals surface area contributed by atoms with E-state index in [2.05, 4.69) is 54.1 Å². The van der Waals surface area contributed by atoms with E-state index >= 15 is 0 Å². The zero-order valence-electron chi connectivity index (χ0n) is 12.7. The van der Waals surface area contributed by atoms with E-state index in [-0.39, 0.29) is 6.04 Å². The monoisotopic (exact) mass is 361 g/mol. The molecule has 1 nitrogen and oxygen atoms in total. The third-order valence-corrected chi connectivity index (χ3v) is 6.45. The predicted molar refractivity (Wildman–Crippen MR) is 101 cm³/mol. The van der Waals surface area contributed by atoms with Gasteiger partial charge in [-0.25, -0.2) is 0 Å². The van der Waals surface area contributed by atoms with E-state index < -0.39 is 0 Å². The molecule has 2 aromatic carbocycles. The van der Waals surface area contributed by atoms with Gasteiger partial charge in [-0.3, -0.25) is 0 Å². The van der Waals surface area contributed by atoms with Gasteiger partial charge in [-0.2, -0.15) is 0 Å². The molecule has 1 aliphatic carbocycles. The number of halogens is 2. The van der Waals surface area contributed by atoms with E-state index in [9.17, 15) is 0 Å². The molecule has 4 heteroatoms. The van der Waals surface area contributed by atoms with Gasteiger partial charge in [0.1, 0.15) is 0 Å². The zero-order chi connectivity index (χ0) is 16.0. The molecule has 2 aromatic rings. The lowest BCUT2D eigenvalue weighted by Gasteiger charge is -2.38. The zero-order valence-corrected chi connectivity index (χ0v) is 15.1. The van der Waals surface area contributed by atoms with E-state index in [0.717, 1.165) is 12.1 Å². The molecule has 23 heavy (non-hydrogen) atoms. The number of hydrogen-bond donors (Lipinski definition) is 1. The van der Waals surface area contributed by atoms with Crippen molar-refractivity contribution in [3.8, 4) is 0 Å². The molecule has 0 bridgehead atoms. The minimum absolute atomic E-state index is 0.259. The van der Waals surface area contributed by atoms with Crippen LogP contribution in [0.3, 0.4) is 0 Å². The van der Waals surface area contributed by atoms with E-state index in [0.29, 0.717) is 21.9 Å². The lowest BCUT2D eigenvalue weighted by atomic mass is 9.77. The quantitative estimate of drug-likeness (QED) is 0.481. The average Bonchev–Trinajstić information content (AvgIpc) is 3.07. The molecule has 0 radical (unpaired) electrons. The van der Waals surface area contributed by atoms with Gasteiger partial charge < -0.3 is 5.32 Å². The summed E-state index contributed by atoms with van der Waals surface area (Å²) in [4.78, 5) is 1.28. The van der Waals surface area contributed by atoms with Gasteiger partial charge in [-0.05, 0) is 47.9 Å². The van der Waals surface area contributed by atoms with Crippen LogP contribution in [0, 0.1) is 5.92 Å². The molecular weight excluding hydrogens is 345 g/mol. The van der Waals surface area contributed by atoms with Crippen LogP contribution in [0.1, 0.15) is 29.5 Å². The molecule has 0 unspecified atom stereocenters. The lowest BCUT2D eigenvalue weighted by molar-refractivity contribution is 0.425. The molecule has 1 N–H and O–H groups in total. The highest BCUT2D eigenvalue weighted by molar-refractivity contribution is 7.98. The molecule has 0 saturated carbocycles. The van der Waals surface area contributed by atoms with Crippen molar-refractivity contribution in [3.05, 3.63) is 69.7 Å². The summed E-state index contributed by atoms with van der Waals surface area (Å²) >= 11 is 14.5. The molecule has 118 valence electrons. The molecule has 1 heterocycles. The first-order valence-corrected chi connectivity index (χ1v) is 9.72. The van der Waals surface area contributed by atoms with Crippen molar-refractivity contribution >= 4 is 40.7 Å². The Labute approximate surface area is 151 Å². The van der Waals surface area contributed by atoms with Crippen molar-refractivity contribution < 1.29 is 0 Å². The fourth-order valence-corrected chi connectivity index (χ4v) is 4.54. The minimum atomic E-state index is 0.259. The Hall–Kier alpha value is -1.09. The maximum atomic E-state index is 6.48. The highest BCUT2D eigenvalue weighted by Crippen LogP contribution is 2.52. The second-order valence-corrected chi connectivity index (χ2v) is 7.74. The van der Waals surface area contributed by atoms with E-state index in [1.807, 2.05) is 6.07 Å². The Kier molecular flexibility index (Phi) is 4.08. The highest BCUT2D eigenvalue weighted by atomic mass is 35.5. The van der Waals surface area contributed by atoms with Gasteiger partial charge in [0.25, 0.3) is 0 Å². The molecular formula is C19H17Cl2NS. The van der Waals surface area contributed by atoms with Crippen molar-refractivity contribution in [2.24, 2.45) is 5.92 Å². The Morgan fingerprint density at radius 3 is 2.61 bits per heavy atom. The Balaban J connectivity index is 1.78. The second kappa shape index (κ2) is 6.08. The van der Waals surface area contributed by atoms with E-state index in [1.165, 1.54) is 16.0 Å². The van der Waals surface area contributed by atoms with E-state index in [4.69, 9.17) is 23.2 Å². The van der Waals surface area contributed by atoms with E-state index in [1.54, 1.807) is 11.8 Å². The summed E-state index contributed by atoms with van der Waals surface area (Å²) in [6.07, 6.45) is 7.80. The first kappa shape index (κ1) is 15.4. The molecule has 1 aliphatic heterocycles. The van der Waals surface area contributed by atoms with Gasteiger partial charge in [0.2, 0.25) is 0 Å². The van der Waals surface area contributed by atoms with Crippen LogP contribution in [0.15, 0.2) is 53.4 Å². The van der Waals surface area contributed by atoms with Gasteiger partial charge in [0.15, 0.2) is 0 Å². The third kappa shape index (κ3) is 2.57. The number of fused-ring (bicyclic) bond motifs is 3. The lowest BCUT2D eigenvalue weighted by Crippen LogP contribution is -2.29. The van der Waals surface area contributed by atoms with Crippen molar-refractivity contribution in [1.82, 2.24) is 0 Å². The Bertz CT molecular complexity index is 770. The normalized spacial score (nSPS) is 24.9. The van der Waals surface area contributed by atoms with Gasteiger partial charge in [-0.15, -0.1) is 11.8 Å². The number of allylic oxidation sites excluding steroid dienone is 2. The summed E-state index contributed by atoms with van der Waals surface area (Å²) < 4.78 is 0. The topological polar surface area (TPSA) is 12.0 Å². The number of hydrogen-bond acceptors (Lipinski definition) is 2. The summed E-state index contributed by atoms with van der Waals surface area (Å²) in [5.74, 6) is 0.936. The number of benzene rings is 2. The van der Waals surface area contributed by atoms with Crippen LogP contribution in [-0.4, -0.2) is 6.26 Å².